The summed E-state index contributed by atoms with van der Waals surface area (Å²) in [6.45, 7) is 118. The maximum Gasteiger partial charge on any atom is 0.226 e. The van der Waals surface area contributed by atoms with E-state index < -0.39 is 5.41 Å². The number of nitrogens with one attached hydrogen (secondary N) is 6. The van der Waals surface area contributed by atoms with E-state index in [9.17, 15) is 24.0 Å². The fourth-order valence-electron chi connectivity index (χ4n) is 9.51. The third-order valence-electron chi connectivity index (χ3n) is 15.1. The van der Waals surface area contributed by atoms with Crippen LogP contribution in [0.1, 0.15) is 415 Å². The molecule has 0 radical (unpaired) electrons. The highest BCUT2D eigenvalue weighted by Gasteiger charge is 2.32. The summed E-state index contributed by atoms with van der Waals surface area (Å²) in [6, 6.07) is 18.0. The average molecular weight is 1580 g/mol. The van der Waals surface area contributed by atoms with Gasteiger partial charge in [-0.15, -0.1) is 0 Å². The van der Waals surface area contributed by atoms with Crippen molar-refractivity contribution in [2.45, 2.75) is 447 Å². The Bertz CT molecular complexity index is 2700. The van der Waals surface area contributed by atoms with Gasteiger partial charge in [-0.05, 0) is 190 Å². The van der Waals surface area contributed by atoms with Crippen LogP contribution in [0.5, 0.6) is 0 Å². The number of ketones is 3. The molecule has 0 saturated carbocycles. The summed E-state index contributed by atoms with van der Waals surface area (Å²) in [5.41, 5.74) is 7.20. The lowest BCUT2D eigenvalue weighted by atomic mass is 9.76. The molecule has 0 aliphatic heterocycles. The van der Waals surface area contributed by atoms with Gasteiger partial charge in [0.25, 0.3) is 0 Å². The molecule has 664 valence electrons. The molecule has 2 amide bonds. The Balaban J connectivity index is -0.000000223. The third-order valence-corrected chi connectivity index (χ3v) is 15.1. The molecule has 12 nitrogen and oxygen atoms in total. The predicted molar refractivity (Wildman–Crippen MR) is 498 cm³/mol. The first kappa shape index (κ1) is 121. The van der Waals surface area contributed by atoms with E-state index in [0.717, 1.165) is 45.5 Å². The van der Waals surface area contributed by atoms with Crippen LogP contribution < -0.4 is 31.9 Å². The smallest absolute Gasteiger partial charge is 0.226 e. The fourth-order valence-corrected chi connectivity index (χ4v) is 9.51. The Morgan fingerprint density at radius 2 is 0.571 bits per heavy atom. The monoisotopic (exact) mass is 1580 g/mol. The molecular weight excluding hydrogens is 1380 g/mol. The van der Waals surface area contributed by atoms with E-state index in [2.05, 4.69) is 330 Å². The van der Waals surface area contributed by atoms with E-state index in [0.29, 0.717) is 57.1 Å². The van der Waals surface area contributed by atoms with Crippen LogP contribution in [0.25, 0.3) is 0 Å². The van der Waals surface area contributed by atoms with Gasteiger partial charge < -0.3 is 31.3 Å². The van der Waals surface area contributed by atoms with Crippen molar-refractivity contribution in [2.24, 2.45) is 70.4 Å². The fraction of sp³-hybridized carbons (Fsp3) is 0.830. The van der Waals surface area contributed by atoms with Gasteiger partial charge in [-0.2, -0.15) is 0 Å². The van der Waals surface area contributed by atoms with Gasteiger partial charge in [0.15, 0.2) is 5.78 Å². The third kappa shape index (κ3) is 93.4. The Morgan fingerprint density at radius 1 is 0.286 bits per heavy atom. The van der Waals surface area contributed by atoms with E-state index in [1.54, 1.807) is 0 Å². The van der Waals surface area contributed by atoms with Crippen molar-refractivity contribution in [3.05, 3.63) is 70.8 Å². The van der Waals surface area contributed by atoms with Crippen LogP contribution in [0.15, 0.2) is 48.5 Å². The van der Waals surface area contributed by atoms with E-state index in [4.69, 9.17) is 4.74 Å². The summed E-state index contributed by atoms with van der Waals surface area (Å²) in [5.74, 6) is 0.708. The SMILES string of the molecule is CC(C)(C)C(=O)C(C)(C)C.CC(C)(C)C(=O)CNC(=O)C(C)(C)C.CC(C)(C)CC(=O)C(C)(C)C.CC(C)(C)CC(C)(C)C.CC(C)(C)CCOC(C)(C)C.CC(C)(C)CNC(C)(C)C.CC(C)(C)Cc1ccc(CC(C)(C)C)cc1.CC(C)(C)NCNC(=O)C(C)(C)C.CC(C)(C)NCc1ccc(CNC(C)(C)C)cc1. The van der Waals surface area contributed by atoms with Gasteiger partial charge in [-0.3, -0.25) is 29.3 Å². The molecule has 0 spiro atoms. The lowest BCUT2D eigenvalue weighted by Gasteiger charge is -2.28. The van der Waals surface area contributed by atoms with Gasteiger partial charge in [0.2, 0.25) is 11.8 Å². The molecule has 12 heteroatoms. The molecule has 2 aromatic carbocycles. The molecule has 0 bridgehead atoms. The first-order chi connectivity index (χ1) is 48.4. The predicted octanol–water partition coefficient (Wildman–Crippen LogP) is 26.4. The van der Waals surface area contributed by atoms with Crippen LogP contribution in [-0.4, -0.2) is 83.3 Å². The molecule has 0 unspecified atom stereocenters. The molecule has 0 saturated heterocycles. The zero-order valence-corrected chi connectivity index (χ0v) is 85.3. The van der Waals surface area contributed by atoms with Gasteiger partial charge >= 0.3 is 0 Å². The van der Waals surface area contributed by atoms with Crippen LogP contribution in [0, 0.1) is 70.4 Å². The zero-order valence-electron chi connectivity index (χ0n) is 85.3. The number of benzene rings is 2. The summed E-state index contributed by atoms with van der Waals surface area (Å²) in [4.78, 5) is 57.3. The summed E-state index contributed by atoms with van der Waals surface area (Å²) < 4.78 is 5.61. The van der Waals surface area contributed by atoms with Crippen molar-refractivity contribution >= 4 is 29.2 Å². The van der Waals surface area contributed by atoms with Gasteiger partial charge in [-0.25, -0.2) is 0 Å². The second kappa shape index (κ2) is 48.9. The van der Waals surface area contributed by atoms with Crippen LogP contribution in [0.4, 0.5) is 0 Å². The average Bonchev–Trinajstić information content (AvgIpc) is 0.848. The van der Waals surface area contributed by atoms with Crippen molar-refractivity contribution in [3.63, 3.8) is 0 Å². The van der Waals surface area contributed by atoms with Crippen molar-refractivity contribution in [2.75, 3.05) is 26.4 Å². The van der Waals surface area contributed by atoms with E-state index in [1.165, 1.54) is 28.7 Å². The molecule has 2 aromatic rings. The number of Topliss-reactive ketones (excluding diaryl/α,β-unsaturated/α-hetero) is 3. The Morgan fingerprint density at radius 3 is 0.750 bits per heavy atom. The van der Waals surface area contributed by atoms with E-state index in [1.807, 2.05) is 125 Å². The molecule has 0 aromatic heterocycles. The van der Waals surface area contributed by atoms with Gasteiger partial charge in [0.1, 0.15) is 11.6 Å². The molecule has 2 rings (SSSR count). The van der Waals surface area contributed by atoms with Crippen LogP contribution in [-0.2, 0) is 54.6 Å². The Kier molecular flexibility index (Phi) is 53.0. The topological polar surface area (TPSA) is 167 Å². The maximum absolute atomic E-state index is 11.5. The van der Waals surface area contributed by atoms with Crippen molar-refractivity contribution < 1.29 is 28.7 Å². The molecule has 6 N–H and O–H groups in total. The summed E-state index contributed by atoms with van der Waals surface area (Å²) in [6.07, 6.45) is 5.41. The molecule has 0 atom stereocenters. The minimum atomic E-state index is -0.432. The van der Waals surface area contributed by atoms with Gasteiger partial charge in [0, 0.05) is 87.3 Å². The highest BCUT2D eigenvalue weighted by Crippen LogP contribution is 2.33. The standard InChI is InChI=1S/C16H28N2.C16H26.C11H21NO2.C10H22N2O.C10H22O.C10H20O.C9H21N.C9H18O.C9H20/c1-15(2,3)17-11-13-7-9-14(10-8-13)12-18-16(4,5)6;1-15(2,3)11-13-7-9-14(10-8-13)12-16(4,5)6;1-10(2,3)8(13)7-12-9(14)11(4,5)6;1-9(2,3)8(13)11-7-12-10(4,5)6;1-9(2,3)7-8-11-10(4,5)6;1-9(2,3)7-8(11)10(4,5)6;1-8(2,3)7-10-9(4,5)6;1-8(2,3)7(10)9(4,5)6;1-8(2,3)7-9(4,5)6/h7-10,17-18H,11-12H2,1-6H3;7-10H,11-12H2,1-6H3;7H2,1-6H3,(H,12,14);12H,7H2,1-6H3,(H,11,13);7-8H2,1-6H3;7H2,1-6H3;10H,7H2,1-6H3;1-6H3;7H2,1-6H3. The molecule has 0 aliphatic rings. The first-order valence-corrected chi connectivity index (χ1v) is 42.4. The molecule has 0 fully saturated rings. The van der Waals surface area contributed by atoms with Crippen molar-refractivity contribution in [1.29, 1.82) is 0 Å². The van der Waals surface area contributed by atoms with Crippen molar-refractivity contribution in [1.82, 2.24) is 31.9 Å². The largest absolute Gasteiger partial charge is 0.376 e. The quantitative estimate of drug-likeness (QED) is 0.100. The normalized spacial score (nSPS) is 13.1. The number of ether oxygens (including phenoxy) is 1. The number of hydrogen-bond acceptors (Lipinski definition) is 10. The molecule has 112 heavy (non-hydrogen) atoms. The zero-order chi connectivity index (χ0) is 91.6. The lowest BCUT2D eigenvalue weighted by Crippen LogP contribution is -2.46. The lowest BCUT2D eigenvalue weighted by molar-refractivity contribution is -0.134. The second-order valence-corrected chi connectivity index (χ2v) is 51.3. The minimum Gasteiger partial charge on any atom is -0.376 e. The number of hydrogen-bond donors (Lipinski definition) is 6. The highest BCUT2D eigenvalue weighted by molar-refractivity contribution is 5.91. The van der Waals surface area contributed by atoms with Crippen LogP contribution >= 0.6 is 0 Å². The number of amides is 2. The summed E-state index contributed by atoms with van der Waals surface area (Å²) in [7, 11) is 0. The number of carbonyl (C=O) groups excluding carboxylic acids is 5. The number of carbonyl (C=O) groups is 5. The Hall–Kier alpha value is -3.81. The summed E-state index contributed by atoms with van der Waals surface area (Å²) >= 11 is 0. The Labute approximate surface area is 700 Å². The second-order valence-electron chi connectivity index (χ2n) is 51.3. The minimum absolute atomic E-state index is 0.0191. The van der Waals surface area contributed by atoms with Gasteiger partial charge in [0.05, 0.1) is 18.8 Å². The summed E-state index contributed by atoms with van der Waals surface area (Å²) in [5, 5.41) is 19.1. The highest BCUT2D eigenvalue weighted by atomic mass is 16.5. The maximum atomic E-state index is 11.5. The van der Waals surface area contributed by atoms with Gasteiger partial charge in [-0.1, -0.05) is 319 Å². The van der Waals surface area contributed by atoms with Crippen molar-refractivity contribution in [3.8, 4) is 0 Å². The number of rotatable bonds is 14. The van der Waals surface area contributed by atoms with Crippen LogP contribution in [0.3, 0.4) is 0 Å². The van der Waals surface area contributed by atoms with E-state index in [-0.39, 0.29) is 84.4 Å². The molecule has 0 heterocycles. The van der Waals surface area contributed by atoms with E-state index >= 15 is 0 Å². The molecular formula is C100H198N6O6. The first-order valence-electron chi connectivity index (χ1n) is 42.4. The molecule has 0 aliphatic carbocycles. The van der Waals surface area contributed by atoms with Crippen LogP contribution in [0.2, 0.25) is 0 Å².